The number of rotatable bonds is 8. The fourth-order valence-corrected chi connectivity index (χ4v) is 4.76. The largest absolute Gasteiger partial charge is 0.496 e. The molecule has 0 spiro atoms. The summed E-state index contributed by atoms with van der Waals surface area (Å²) in [4.78, 5) is 38.9. The summed E-state index contributed by atoms with van der Waals surface area (Å²) < 4.78 is 10.5. The van der Waals surface area contributed by atoms with E-state index in [2.05, 4.69) is 19.2 Å². The van der Waals surface area contributed by atoms with Gasteiger partial charge in [0.1, 0.15) is 5.75 Å². The number of esters is 1. The number of methoxy groups -OCH3 is 1. The third-order valence-corrected chi connectivity index (χ3v) is 6.81. The Hall–Kier alpha value is -2.57. The van der Waals surface area contributed by atoms with Crippen LogP contribution in [0.3, 0.4) is 0 Å². The van der Waals surface area contributed by atoms with Gasteiger partial charge < -0.3 is 19.7 Å². The van der Waals surface area contributed by atoms with E-state index in [0.717, 1.165) is 24.2 Å². The van der Waals surface area contributed by atoms with Crippen LogP contribution < -0.4 is 10.1 Å². The molecule has 7 heteroatoms. The van der Waals surface area contributed by atoms with Crippen LogP contribution in [0.5, 0.6) is 5.75 Å². The highest BCUT2D eigenvalue weighted by Gasteiger charge is 2.42. The Morgan fingerprint density at radius 1 is 1.19 bits per heavy atom. The number of ether oxygens (including phenoxy) is 2. The fraction of sp³-hybridized carbons (Fsp3) is 0.625. The maximum Gasteiger partial charge on any atom is 0.311 e. The predicted octanol–water partition coefficient (Wildman–Crippen LogP) is 2.57. The SMILES string of the molecule is COc1ccccc1CCNC(=O)COC(=O)[C@@H]1CC(=O)N([C@@H]2CCC[C@H](C)[C@H]2C)C1. The summed E-state index contributed by atoms with van der Waals surface area (Å²) in [5, 5.41) is 2.76. The zero-order chi connectivity index (χ0) is 22.4. The van der Waals surface area contributed by atoms with Crippen molar-refractivity contribution in [2.45, 2.75) is 52.0 Å². The van der Waals surface area contributed by atoms with Gasteiger partial charge in [0.25, 0.3) is 5.91 Å². The lowest BCUT2D eigenvalue weighted by atomic mass is 9.77. The number of nitrogens with zero attached hydrogens (tertiary/aromatic N) is 1. The third kappa shape index (κ3) is 5.77. The Morgan fingerprint density at radius 2 is 1.97 bits per heavy atom. The maximum atomic E-state index is 12.5. The lowest BCUT2D eigenvalue weighted by Crippen LogP contribution is -2.45. The molecule has 31 heavy (non-hydrogen) atoms. The Morgan fingerprint density at radius 3 is 2.74 bits per heavy atom. The second-order valence-electron chi connectivity index (χ2n) is 8.80. The topological polar surface area (TPSA) is 84.9 Å². The molecule has 0 radical (unpaired) electrons. The first-order valence-electron chi connectivity index (χ1n) is 11.3. The minimum absolute atomic E-state index is 0.0224. The van der Waals surface area contributed by atoms with Crippen LogP contribution in [-0.2, 0) is 25.5 Å². The van der Waals surface area contributed by atoms with Gasteiger partial charge >= 0.3 is 5.97 Å². The zero-order valence-electron chi connectivity index (χ0n) is 18.8. The Kier molecular flexibility index (Phi) is 7.93. The van der Waals surface area contributed by atoms with E-state index in [1.54, 1.807) is 7.11 Å². The van der Waals surface area contributed by atoms with Crippen LogP contribution in [0.4, 0.5) is 0 Å². The van der Waals surface area contributed by atoms with E-state index in [1.807, 2.05) is 29.2 Å². The van der Waals surface area contributed by atoms with Gasteiger partial charge in [-0.05, 0) is 36.3 Å². The molecular weight excluding hydrogens is 396 g/mol. The Labute approximate surface area is 184 Å². The van der Waals surface area contributed by atoms with Crippen LogP contribution in [0.1, 0.15) is 45.1 Å². The van der Waals surface area contributed by atoms with Gasteiger partial charge in [-0.3, -0.25) is 14.4 Å². The van der Waals surface area contributed by atoms with E-state index in [0.29, 0.717) is 31.3 Å². The molecule has 1 aliphatic carbocycles. The van der Waals surface area contributed by atoms with Crippen molar-refractivity contribution < 1.29 is 23.9 Å². The molecule has 170 valence electrons. The quantitative estimate of drug-likeness (QED) is 0.641. The van der Waals surface area contributed by atoms with Crippen molar-refractivity contribution in [3.8, 4) is 5.75 Å². The summed E-state index contributed by atoms with van der Waals surface area (Å²) in [6.45, 7) is 4.92. The molecule has 7 nitrogen and oxygen atoms in total. The van der Waals surface area contributed by atoms with E-state index < -0.39 is 11.9 Å². The molecule has 0 unspecified atom stereocenters. The molecule has 2 fully saturated rings. The number of nitrogens with one attached hydrogen (secondary N) is 1. The van der Waals surface area contributed by atoms with Crippen LogP contribution in [-0.4, -0.2) is 55.5 Å². The molecule has 2 amide bonds. The van der Waals surface area contributed by atoms with Gasteiger partial charge in [0.05, 0.1) is 13.0 Å². The lowest BCUT2D eigenvalue weighted by molar-refractivity contribution is -0.152. The molecule has 1 aromatic rings. The van der Waals surface area contributed by atoms with Crippen molar-refractivity contribution in [3.05, 3.63) is 29.8 Å². The molecule has 0 aromatic heterocycles. The Balaban J connectivity index is 1.41. The summed E-state index contributed by atoms with van der Waals surface area (Å²) in [7, 11) is 1.61. The van der Waals surface area contributed by atoms with E-state index in [4.69, 9.17) is 9.47 Å². The molecule has 1 saturated carbocycles. The van der Waals surface area contributed by atoms with Crippen LogP contribution in [0.15, 0.2) is 24.3 Å². The number of hydrogen-bond donors (Lipinski definition) is 1. The van der Waals surface area contributed by atoms with Gasteiger partial charge in [-0.15, -0.1) is 0 Å². The molecule has 1 N–H and O–H groups in total. The van der Waals surface area contributed by atoms with Crippen molar-refractivity contribution in [2.24, 2.45) is 17.8 Å². The maximum absolute atomic E-state index is 12.5. The van der Waals surface area contributed by atoms with Crippen molar-refractivity contribution in [3.63, 3.8) is 0 Å². The van der Waals surface area contributed by atoms with Gasteiger partial charge in [-0.2, -0.15) is 0 Å². The van der Waals surface area contributed by atoms with Crippen LogP contribution in [0.25, 0.3) is 0 Å². The molecule has 1 heterocycles. The number of para-hydroxylation sites is 1. The number of likely N-dealkylation sites (tertiary alicyclic amines) is 1. The molecule has 0 bridgehead atoms. The molecule has 2 aliphatic rings. The predicted molar refractivity (Wildman–Crippen MR) is 116 cm³/mol. The molecule has 3 rings (SSSR count). The van der Waals surface area contributed by atoms with Gasteiger partial charge in [0, 0.05) is 25.6 Å². The number of hydrogen-bond acceptors (Lipinski definition) is 5. The minimum Gasteiger partial charge on any atom is -0.496 e. The van der Waals surface area contributed by atoms with Crippen molar-refractivity contribution in [1.29, 1.82) is 0 Å². The summed E-state index contributed by atoms with van der Waals surface area (Å²) in [5.41, 5.74) is 0.998. The summed E-state index contributed by atoms with van der Waals surface area (Å²) >= 11 is 0. The van der Waals surface area contributed by atoms with Gasteiger partial charge in [-0.1, -0.05) is 44.9 Å². The second-order valence-corrected chi connectivity index (χ2v) is 8.80. The van der Waals surface area contributed by atoms with Crippen LogP contribution in [0.2, 0.25) is 0 Å². The first-order chi connectivity index (χ1) is 14.9. The lowest BCUT2D eigenvalue weighted by Gasteiger charge is -2.39. The monoisotopic (exact) mass is 430 g/mol. The van der Waals surface area contributed by atoms with Crippen LogP contribution >= 0.6 is 0 Å². The average molecular weight is 431 g/mol. The fourth-order valence-electron chi connectivity index (χ4n) is 4.76. The molecular formula is C24H34N2O5. The molecule has 1 aliphatic heterocycles. The van der Waals surface area contributed by atoms with Gasteiger partial charge in [-0.25, -0.2) is 0 Å². The highest BCUT2D eigenvalue weighted by Crippen LogP contribution is 2.35. The Bertz CT molecular complexity index is 796. The average Bonchev–Trinajstić information content (AvgIpc) is 3.15. The summed E-state index contributed by atoms with van der Waals surface area (Å²) in [6, 6.07) is 7.83. The van der Waals surface area contributed by atoms with Gasteiger partial charge in [0.2, 0.25) is 5.91 Å². The van der Waals surface area contributed by atoms with Crippen molar-refractivity contribution >= 4 is 17.8 Å². The normalized spacial score (nSPS) is 25.9. The number of amides is 2. The van der Waals surface area contributed by atoms with Crippen molar-refractivity contribution in [1.82, 2.24) is 10.2 Å². The van der Waals surface area contributed by atoms with Crippen LogP contribution in [0, 0.1) is 17.8 Å². The molecule has 4 atom stereocenters. The molecule has 1 saturated heterocycles. The summed E-state index contributed by atoms with van der Waals surface area (Å²) in [5.74, 6) is 0.512. The van der Waals surface area contributed by atoms with Crippen molar-refractivity contribution in [2.75, 3.05) is 26.8 Å². The third-order valence-electron chi connectivity index (χ3n) is 6.81. The zero-order valence-corrected chi connectivity index (χ0v) is 18.8. The first-order valence-corrected chi connectivity index (χ1v) is 11.3. The minimum atomic E-state index is -0.488. The highest BCUT2D eigenvalue weighted by molar-refractivity contribution is 5.88. The van der Waals surface area contributed by atoms with Gasteiger partial charge in [0.15, 0.2) is 6.61 Å². The number of carbonyl (C=O) groups is 3. The number of benzene rings is 1. The van der Waals surface area contributed by atoms with E-state index >= 15 is 0 Å². The van der Waals surface area contributed by atoms with E-state index in [-0.39, 0.29) is 30.9 Å². The van der Waals surface area contributed by atoms with E-state index in [9.17, 15) is 14.4 Å². The summed E-state index contributed by atoms with van der Waals surface area (Å²) in [6.07, 6.45) is 4.09. The second kappa shape index (κ2) is 10.6. The van der Waals surface area contributed by atoms with E-state index in [1.165, 1.54) is 6.42 Å². The smallest absolute Gasteiger partial charge is 0.311 e. The first kappa shape index (κ1) is 23.1. The highest BCUT2D eigenvalue weighted by atomic mass is 16.5. The number of carbonyl (C=O) groups excluding carboxylic acids is 3. The molecule has 1 aromatic carbocycles. The standard InChI is InChI=1S/C24H34N2O5/c1-16-7-6-9-20(17(16)2)26-14-19(13-23(26)28)24(29)31-15-22(27)25-12-11-18-8-4-5-10-21(18)30-3/h4-5,8,10,16-17,19-20H,6-7,9,11-15H2,1-3H3,(H,25,27)/t16-,17+,19+,20+/m0/s1.